The molecule has 1 amide bonds. The van der Waals surface area contributed by atoms with Crippen LogP contribution in [0.3, 0.4) is 0 Å². The number of hydrogen-bond donors (Lipinski definition) is 2. The Hall–Kier alpha value is -2.61. The lowest BCUT2D eigenvalue weighted by molar-refractivity contribution is -0.0674. The monoisotopic (exact) mass is 473 g/mol. The van der Waals surface area contributed by atoms with Gasteiger partial charge < -0.3 is 11.1 Å². The molecule has 1 saturated carbocycles. The van der Waals surface area contributed by atoms with Crippen LogP contribution in [0.25, 0.3) is 16.8 Å². The lowest BCUT2D eigenvalue weighted by atomic mass is 9.87. The number of aromatic nitrogens is 3. The molecule has 0 aliphatic heterocycles. The fourth-order valence-electron chi connectivity index (χ4n) is 3.64. The van der Waals surface area contributed by atoms with Crippen molar-refractivity contribution >= 4 is 30.8 Å². The molecular weight excluding hydrogens is 448 g/mol. The summed E-state index contributed by atoms with van der Waals surface area (Å²) in [5, 5.41) is 8.63. The SMILES string of the molecule is C[Si](C)(C)C#Cc1ccc2c(-c3csc(C(=O)N[C@@H]4[C@@H](N)CCCC4(F)F)n3)cnn2c1. The molecule has 6 nitrogen and oxygen atoms in total. The number of thiazole rings is 1. The second-order valence-electron chi connectivity index (χ2n) is 9.11. The van der Waals surface area contributed by atoms with Gasteiger partial charge >= 0.3 is 0 Å². The molecule has 3 heterocycles. The molecule has 0 spiro atoms. The Labute approximate surface area is 190 Å². The molecule has 0 aromatic carbocycles. The lowest BCUT2D eigenvalue weighted by Gasteiger charge is -2.36. The van der Waals surface area contributed by atoms with Crippen molar-refractivity contribution in [3.63, 3.8) is 0 Å². The van der Waals surface area contributed by atoms with Crippen molar-refractivity contribution in [3.05, 3.63) is 40.5 Å². The van der Waals surface area contributed by atoms with E-state index in [0.717, 1.165) is 28.0 Å². The summed E-state index contributed by atoms with van der Waals surface area (Å²) >= 11 is 1.10. The van der Waals surface area contributed by atoms with E-state index in [-0.39, 0.29) is 11.4 Å². The first-order valence-corrected chi connectivity index (χ1v) is 14.8. The average Bonchev–Trinajstić information content (AvgIpc) is 3.35. The first-order chi connectivity index (χ1) is 15.0. The van der Waals surface area contributed by atoms with Gasteiger partial charge in [-0.15, -0.1) is 16.9 Å². The summed E-state index contributed by atoms with van der Waals surface area (Å²) in [5.74, 6) is -0.451. The number of amides is 1. The quantitative estimate of drug-likeness (QED) is 0.446. The Kier molecular flexibility index (Phi) is 5.92. The van der Waals surface area contributed by atoms with E-state index >= 15 is 0 Å². The van der Waals surface area contributed by atoms with Crippen LogP contribution in [0.2, 0.25) is 19.6 Å². The zero-order chi connectivity index (χ0) is 23.1. The summed E-state index contributed by atoms with van der Waals surface area (Å²) in [4.78, 5) is 17.0. The number of carbonyl (C=O) groups is 1. The third-order valence-corrected chi connectivity index (χ3v) is 7.01. The number of nitrogens with one attached hydrogen (secondary N) is 1. The van der Waals surface area contributed by atoms with Gasteiger partial charge in [0.15, 0.2) is 5.01 Å². The Balaban J connectivity index is 1.55. The van der Waals surface area contributed by atoms with E-state index in [4.69, 9.17) is 5.73 Å². The van der Waals surface area contributed by atoms with Gasteiger partial charge in [-0.1, -0.05) is 25.6 Å². The number of hydrogen-bond acceptors (Lipinski definition) is 5. The maximum absolute atomic E-state index is 14.2. The molecule has 168 valence electrons. The van der Waals surface area contributed by atoms with Crippen LogP contribution in [0, 0.1) is 11.5 Å². The molecule has 3 aromatic rings. The minimum absolute atomic E-state index is 0.116. The Bertz CT molecular complexity index is 1220. The molecule has 0 unspecified atom stereocenters. The van der Waals surface area contributed by atoms with Crippen LogP contribution in [-0.2, 0) is 0 Å². The van der Waals surface area contributed by atoms with Gasteiger partial charge in [0, 0.05) is 35.2 Å². The number of rotatable bonds is 3. The zero-order valence-corrected chi connectivity index (χ0v) is 20.0. The van der Waals surface area contributed by atoms with Crippen LogP contribution in [0.1, 0.15) is 34.6 Å². The smallest absolute Gasteiger partial charge is 0.280 e. The first-order valence-electron chi connectivity index (χ1n) is 10.4. The summed E-state index contributed by atoms with van der Waals surface area (Å²) in [7, 11) is -1.48. The van der Waals surface area contributed by atoms with Crippen LogP contribution in [0.15, 0.2) is 29.9 Å². The second-order valence-corrected chi connectivity index (χ2v) is 14.7. The summed E-state index contributed by atoms with van der Waals surface area (Å²) in [6.07, 6.45) is 4.06. The number of halogens is 2. The van der Waals surface area contributed by atoms with Gasteiger partial charge in [0.25, 0.3) is 11.8 Å². The van der Waals surface area contributed by atoms with Crippen molar-refractivity contribution in [2.75, 3.05) is 0 Å². The van der Waals surface area contributed by atoms with Crippen LogP contribution < -0.4 is 11.1 Å². The molecule has 2 atom stereocenters. The molecular formula is C22H25F2N5OSSi. The maximum Gasteiger partial charge on any atom is 0.280 e. The van der Waals surface area contributed by atoms with E-state index in [2.05, 4.69) is 46.5 Å². The van der Waals surface area contributed by atoms with Crippen LogP contribution >= 0.6 is 11.3 Å². The van der Waals surface area contributed by atoms with Crippen LogP contribution in [0.4, 0.5) is 8.78 Å². The maximum atomic E-state index is 14.2. The number of pyridine rings is 1. The third kappa shape index (κ3) is 4.75. The van der Waals surface area contributed by atoms with Gasteiger partial charge in [0.05, 0.1) is 17.4 Å². The van der Waals surface area contributed by atoms with Crippen LogP contribution in [0.5, 0.6) is 0 Å². The highest BCUT2D eigenvalue weighted by atomic mass is 32.1. The number of alkyl halides is 2. The summed E-state index contributed by atoms with van der Waals surface area (Å²) in [6.45, 7) is 6.55. The fourth-order valence-corrected chi connectivity index (χ4v) is 4.88. The highest BCUT2D eigenvalue weighted by Gasteiger charge is 2.46. The van der Waals surface area contributed by atoms with Crippen LogP contribution in [-0.4, -0.2) is 46.6 Å². The molecule has 0 radical (unpaired) electrons. The molecule has 10 heteroatoms. The minimum atomic E-state index is -3.02. The molecule has 3 N–H and O–H groups in total. The second kappa shape index (κ2) is 8.39. The predicted molar refractivity (Wildman–Crippen MR) is 125 cm³/mol. The van der Waals surface area contributed by atoms with Gasteiger partial charge in [0.1, 0.15) is 14.1 Å². The number of fused-ring (bicyclic) bond motifs is 1. The van der Waals surface area contributed by atoms with E-state index in [9.17, 15) is 13.6 Å². The molecule has 1 aliphatic carbocycles. The molecule has 1 aliphatic rings. The Morgan fingerprint density at radius 3 is 2.88 bits per heavy atom. The normalized spacial score (nSPS) is 20.6. The van der Waals surface area contributed by atoms with Gasteiger partial charge in [-0.3, -0.25) is 4.79 Å². The highest BCUT2D eigenvalue weighted by Crippen LogP contribution is 2.33. The van der Waals surface area contributed by atoms with Gasteiger partial charge in [-0.2, -0.15) is 5.10 Å². The van der Waals surface area contributed by atoms with Gasteiger partial charge in [-0.25, -0.2) is 18.3 Å². The van der Waals surface area contributed by atoms with Crippen molar-refractivity contribution in [1.82, 2.24) is 19.9 Å². The molecule has 1 fully saturated rings. The summed E-state index contributed by atoms with van der Waals surface area (Å²) in [5.41, 5.74) is 12.2. The average molecular weight is 474 g/mol. The minimum Gasteiger partial charge on any atom is -0.340 e. The standard InChI is InChI=1S/C22H25F2N5OSSi/c1-32(2,3)10-8-14-6-7-18-15(11-26-29(18)12-14)17-13-31-21(27-17)20(30)28-19-16(25)5-4-9-22(19,23)24/h6-7,11-13,16,19H,4-5,9,25H2,1-3H3,(H,28,30)/t16-,19+/m0/s1. The van der Waals surface area contributed by atoms with E-state index in [1.807, 2.05) is 18.3 Å². The number of nitrogens with zero attached hydrogens (tertiary/aromatic N) is 3. The number of nitrogens with two attached hydrogens (primary N) is 1. The van der Waals surface area contributed by atoms with Gasteiger partial charge in [-0.05, 0) is 25.0 Å². The zero-order valence-electron chi connectivity index (χ0n) is 18.2. The van der Waals surface area contributed by atoms with Gasteiger partial charge in [0.2, 0.25) is 0 Å². The number of carbonyl (C=O) groups excluding carboxylic acids is 1. The molecule has 0 saturated heterocycles. The molecule has 32 heavy (non-hydrogen) atoms. The van der Waals surface area contributed by atoms with E-state index in [1.54, 1.807) is 16.1 Å². The Morgan fingerprint density at radius 2 is 2.16 bits per heavy atom. The lowest BCUT2D eigenvalue weighted by Crippen LogP contribution is -2.59. The predicted octanol–water partition coefficient (Wildman–Crippen LogP) is 3.93. The van der Waals surface area contributed by atoms with Crippen molar-refractivity contribution in [3.8, 4) is 22.7 Å². The largest absolute Gasteiger partial charge is 0.340 e. The van der Waals surface area contributed by atoms with Crippen molar-refractivity contribution in [2.24, 2.45) is 5.73 Å². The summed E-state index contributed by atoms with van der Waals surface area (Å²) < 4.78 is 30.2. The van der Waals surface area contributed by atoms with E-state index in [0.29, 0.717) is 18.5 Å². The molecule has 4 rings (SSSR count). The topological polar surface area (TPSA) is 85.3 Å². The third-order valence-electron chi connectivity index (χ3n) is 5.29. The highest BCUT2D eigenvalue weighted by molar-refractivity contribution is 7.12. The summed E-state index contributed by atoms with van der Waals surface area (Å²) in [6, 6.07) is 1.68. The van der Waals surface area contributed by atoms with Crippen molar-refractivity contribution in [1.29, 1.82) is 0 Å². The molecule has 3 aromatic heterocycles. The van der Waals surface area contributed by atoms with Crippen molar-refractivity contribution < 1.29 is 13.6 Å². The van der Waals surface area contributed by atoms with E-state index < -0.39 is 32.0 Å². The Morgan fingerprint density at radius 1 is 1.38 bits per heavy atom. The van der Waals surface area contributed by atoms with E-state index in [1.165, 1.54) is 0 Å². The fraction of sp³-hybridized carbons (Fsp3) is 0.409. The van der Waals surface area contributed by atoms with Crippen molar-refractivity contribution in [2.45, 2.75) is 56.9 Å². The molecule has 0 bridgehead atoms. The first kappa shape index (κ1) is 22.6.